The van der Waals surface area contributed by atoms with Gasteiger partial charge in [0.05, 0.1) is 12.5 Å². The van der Waals surface area contributed by atoms with Crippen LogP contribution < -0.4 is 0 Å². The molecule has 0 aromatic rings. The van der Waals surface area contributed by atoms with Crippen LogP contribution >= 0.6 is 0 Å². The van der Waals surface area contributed by atoms with Gasteiger partial charge in [-0.3, -0.25) is 4.79 Å². The first kappa shape index (κ1) is 9.68. The van der Waals surface area contributed by atoms with Gasteiger partial charge in [0, 0.05) is 0 Å². The van der Waals surface area contributed by atoms with E-state index < -0.39 is 0 Å². The lowest BCUT2D eigenvalue weighted by atomic mass is 9.66. The van der Waals surface area contributed by atoms with Crippen molar-refractivity contribution < 1.29 is 9.53 Å². The second-order valence-electron chi connectivity index (χ2n) is 5.66. The molecule has 84 valence electrons. The monoisotopic (exact) mass is 208 g/mol. The van der Waals surface area contributed by atoms with Crippen molar-refractivity contribution in [2.45, 2.75) is 51.9 Å². The Balaban J connectivity index is 1.80. The third kappa shape index (κ3) is 1.08. The molecule has 0 aliphatic heterocycles. The lowest BCUT2D eigenvalue weighted by Crippen LogP contribution is -2.36. The second-order valence-corrected chi connectivity index (χ2v) is 5.66. The van der Waals surface area contributed by atoms with E-state index in [-0.39, 0.29) is 11.9 Å². The third-order valence-electron chi connectivity index (χ3n) is 5.27. The summed E-state index contributed by atoms with van der Waals surface area (Å²) in [5.74, 6) is 0.342. The molecule has 3 unspecified atom stereocenters. The van der Waals surface area contributed by atoms with Gasteiger partial charge in [-0.2, -0.15) is 0 Å². The minimum Gasteiger partial charge on any atom is -0.466 e. The average Bonchev–Trinajstić information content (AvgIpc) is 2.64. The Morgan fingerprint density at radius 1 is 1.33 bits per heavy atom. The molecule has 0 bridgehead atoms. The standard InChI is InChI=1S/C13H20O2/c1-2-15-11(14)10-5-3-4-6-12-7-8-13(10,12)9-12/h10H,2-9H2,1H3. The summed E-state index contributed by atoms with van der Waals surface area (Å²) in [5, 5.41) is 0. The highest BCUT2D eigenvalue weighted by Gasteiger charge is 2.77. The van der Waals surface area contributed by atoms with E-state index in [2.05, 4.69) is 0 Å². The molecule has 0 spiro atoms. The maximum Gasteiger partial charge on any atom is 0.309 e. The van der Waals surface area contributed by atoms with Gasteiger partial charge in [0.2, 0.25) is 0 Å². The first-order valence-corrected chi connectivity index (χ1v) is 6.41. The molecule has 15 heavy (non-hydrogen) atoms. The molecule has 3 saturated carbocycles. The van der Waals surface area contributed by atoms with Crippen LogP contribution in [0.4, 0.5) is 0 Å². The lowest BCUT2D eigenvalue weighted by molar-refractivity contribution is -0.153. The van der Waals surface area contributed by atoms with Crippen molar-refractivity contribution in [3.05, 3.63) is 0 Å². The van der Waals surface area contributed by atoms with Crippen LogP contribution in [0, 0.1) is 16.7 Å². The van der Waals surface area contributed by atoms with Gasteiger partial charge in [-0.05, 0) is 49.9 Å². The molecule has 0 aromatic heterocycles. The predicted molar refractivity (Wildman–Crippen MR) is 57.3 cm³/mol. The highest BCUT2D eigenvalue weighted by molar-refractivity contribution is 5.75. The molecule has 2 nitrogen and oxygen atoms in total. The van der Waals surface area contributed by atoms with Gasteiger partial charge in [-0.15, -0.1) is 0 Å². The summed E-state index contributed by atoms with van der Waals surface area (Å²) in [6, 6.07) is 0. The van der Waals surface area contributed by atoms with Gasteiger partial charge in [0.15, 0.2) is 0 Å². The minimum absolute atomic E-state index is 0.0981. The van der Waals surface area contributed by atoms with Gasteiger partial charge in [-0.1, -0.05) is 12.8 Å². The van der Waals surface area contributed by atoms with Crippen LogP contribution in [0.5, 0.6) is 0 Å². The van der Waals surface area contributed by atoms with E-state index in [4.69, 9.17) is 4.74 Å². The maximum atomic E-state index is 11.9. The summed E-state index contributed by atoms with van der Waals surface area (Å²) < 4.78 is 5.24. The highest BCUT2D eigenvalue weighted by Crippen LogP contribution is 2.83. The number of carbonyl (C=O) groups is 1. The first-order chi connectivity index (χ1) is 7.24. The molecule has 3 fully saturated rings. The molecule has 3 atom stereocenters. The summed E-state index contributed by atoms with van der Waals surface area (Å²) in [7, 11) is 0. The number of rotatable bonds is 2. The van der Waals surface area contributed by atoms with E-state index in [0.717, 1.165) is 6.42 Å². The molecular formula is C13H20O2. The van der Waals surface area contributed by atoms with Crippen molar-refractivity contribution in [3.8, 4) is 0 Å². The van der Waals surface area contributed by atoms with Crippen molar-refractivity contribution in [1.29, 1.82) is 0 Å². The fourth-order valence-corrected chi connectivity index (χ4v) is 4.34. The van der Waals surface area contributed by atoms with Crippen molar-refractivity contribution >= 4 is 5.97 Å². The Morgan fingerprint density at radius 2 is 2.20 bits per heavy atom. The van der Waals surface area contributed by atoms with Crippen molar-refractivity contribution in [3.63, 3.8) is 0 Å². The van der Waals surface area contributed by atoms with Gasteiger partial charge < -0.3 is 4.74 Å². The van der Waals surface area contributed by atoms with Crippen LogP contribution in [0.1, 0.15) is 51.9 Å². The molecule has 0 aromatic carbocycles. The number of hydrogen-bond acceptors (Lipinski definition) is 2. The fourth-order valence-electron chi connectivity index (χ4n) is 4.34. The Hall–Kier alpha value is -0.530. The molecule has 0 radical (unpaired) electrons. The lowest BCUT2D eigenvalue weighted by Gasteiger charge is -2.38. The molecule has 0 saturated heterocycles. The summed E-state index contributed by atoms with van der Waals surface area (Å²) >= 11 is 0. The van der Waals surface area contributed by atoms with E-state index in [1.165, 1.54) is 38.5 Å². The summed E-state index contributed by atoms with van der Waals surface area (Å²) in [6.07, 6.45) is 9.01. The third-order valence-corrected chi connectivity index (χ3v) is 5.27. The smallest absolute Gasteiger partial charge is 0.309 e. The van der Waals surface area contributed by atoms with Gasteiger partial charge in [-0.25, -0.2) is 0 Å². The van der Waals surface area contributed by atoms with Crippen molar-refractivity contribution in [2.24, 2.45) is 16.7 Å². The van der Waals surface area contributed by atoms with E-state index in [0.29, 0.717) is 17.4 Å². The van der Waals surface area contributed by atoms with Crippen LogP contribution in [-0.2, 0) is 9.53 Å². The summed E-state index contributed by atoms with van der Waals surface area (Å²) in [5.41, 5.74) is 1.01. The minimum atomic E-state index is 0.0981. The topological polar surface area (TPSA) is 26.3 Å². The van der Waals surface area contributed by atoms with E-state index in [1.807, 2.05) is 6.92 Å². The van der Waals surface area contributed by atoms with Crippen LogP contribution in [0.15, 0.2) is 0 Å². The summed E-state index contributed by atoms with van der Waals surface area (Å²) in [6.45, 7) is 2.45. The number of carbonyl (C=O) groups excluding carboxylic acids is 1. The summed E-state index contributed by atoms with van der Waals surface area (Å²) in [4.78, 5) is 11.9. The predicted octanol–water partition coefficient (Wildman–Crippen LogP) is 2.91. The number of esters is 1. The molecule has 0 heterocycles. The second kappa shape index (κ2) is 2.99. The normalized spacial score (nSPS) is 46.9. The first-order valence-electron chi connectivity index (χ1n) is 6.41. The zero-order chi connectivity index (χ0) is 10.5. The molecule has 3 aliphatic rings. The van der Waals surface area contributed by atoms with E-state index >= 15 is 0 Å². The van der Waals surface area contributed by atoms with Crippen molar-refractivity contribution in [2.75, 3.05) is 6.61 Å². The molecule has 2 heteroatoms. The van der Waals surface area contributed by atoms with Crippen LogP contribution in [0.2, 0.25) is 0 Å². The zero-order valence-electron chi connectivity index (χ0n) is 9.55. The number of hydrogen-bond donors (Lipinski definition) is 0. The number of ether oxygens (including phenoxy) is 1. The Bertz CT molecular complexity index is 299. The Kier molecular flexibility index (Phi) is 1.93. The van der Waals surface area contributed by atoms with Crippen molar-refractivity contribution in [1.82, 2.24) is 0 Å². The molecule has 3 rings (SSSR count). The van der Waals surface area contributed by atoms with E-state index in [9.17, 15) is 4.79 Å². The van der Waals surface area contributed by atoms with Crippen LogP contribution in [0.25, 0.3) is 0 Å². The molecule has 0 N–H and O–H groups in total. The van der Waals surface area contributed by atoms with Gasteiger partial charge in [0.25, 0.3) is 0 Å². The fraction of sp³-hybridized carbons (Fsp3) is 0.923. The molecule has 3 aliphatic carbocycles. The van der Waals surface area contributed by atoms with Crippen LogP contribution in [0.3, 0.4) is 0 Å². The van der Waals surface area contributed by atoms with Gasteiger partial charge in [0.1, 0.15) is 0 Å². The van der Waals surface area contributed by atoms with Gasteiger partial charge >= 0.3 is 5.97 Å². The molecular weight excluding hydrogens is 188 g/mol. The van der Waals surface area contributed by atoms with E-state index in [1.54, 1.807) is 0 Å². The quantitative estimate of drug-likeness (QED) is 0.652. The Morgan fingerprint density at radius 3 is 2.87 bits per heavy atom. The molecule has 0 amide bonds. The highest BCUT2D eigenvalue weighted by atomic mass is 16.5. The largest absolute Gasteiger partial charge is 0.466 e. The average molecular weight is 208 g/mol. The van der Waals surface area contributed by atoms with Crippen LogP contribution in [-0.4, -0.2) is 12.6 Å². The zero-order valence-corrected chi connectivity index (χ0v) is 9.55. The maximum absolute atomic E-state index is 11.9. The Labute approximate surface area is 91.4 Å². The SMILES string of the molecule is CCOC(=O)C1CCCCC23CCC12C3.